The number of nitrogens with two attached hydrogens (primary N) is 1. The highest BCUT2D eigenvalue weighted by Gasteiger charge is 2.29. The van der Waals surface area contributed by atoms with Crippen LogP contribution in [0.2, 0.25) is 0 Å². The third-order valence-corrected chi connectivity index (χ3v) is 5.37. The molecule has 3 unspecified atom stereocenters. The van der Waals surface area contributed by atoms with Crippen LogP contribution in [0.3, 0.4) is 0 Å². The fourth-order valence-corrected chi connectivity index (χ4v) is 3.87. The minimum atomic E-state index is 0.462. The average molecular weight is 252 g/mol. The number of hydrogen-bond donors (Lipinski definition) is 1. The Kier molecular flexibility index (Phi) is 5.08. The van der Waals surface area contributed by atoms with E-state index in [2.05, 4.69) is 25.7 Å². The van der Waals surface area contributed by atoms with E-state index < -0.39 is 0 Å². The van der Waals surface area contributed by atoms with Crippen LogP contribution < -0.4 is 5.73 Å². The summed E-state index contributed by atoms with van der Waals surface area (Å²) < 4.78 is 0. The zero-order valence-corrected chi connectivity index (χ0v) is 12.6. The summed E-state index contributed by atoms with van der Waals surface area (Å²) in [5.74, 6) is 3.47. The molecular weight excluding hydrogens is 220 g/mol. The first-order valence-corrected chi connectivity index (χ1v) is 8.04. The molecule has 0 spiro atoms. The molecule has 2 N–H and O–H groups in total. The lowest BCUT2D eigenvalue weighted by Crippen LogP contribution is -2.45. The fraction of sp³-hybridized carbons (Fsp3) is 1.00. The lowest BCUT2D eigenvalue weighted by molar-refractivity contribution is 0.112. The summed E-state index contributed by atoms with van der Waals surface area (Å²) in [7, 11) is 0. The highest BCUT2D eigenvalue weighted by atomic mass is 15.1. The van der Waals surface area contributed by atoms with Crippen molar-refractivity contribution in [3.05, 3.63) is 0 Å². The van der Waals surface area contributed by atoms with Gasteiger partial charge in [0, 0.05) is 12.6 Å². The Balaban J connectivity index is 1.77. The van der Waals surface area contributed by atoms with Gasteiger partial charge in [0.15, 0.2) is 0 Å². The van der Waals surface area contributed by atoms with E-state index in [9.17, 15) is 0 Å². The Bertz CT molecular complexity index is 243. The fourth-order valence-electron chi connectivity index (χ4n) is 3.87. The smallest absolute Gasteiger partial charge is 0.00795 e. The van der Waals surface area contributed by atoms with Gasteiger partial charge >= 0.3 is 0 Å². The van der Waals surface area contributed by atoms with E-state index in [1.807, 2.05) is 0 Å². The van der Waals surface area contributed by atoms with Crippen LogP contribution in [0.1, 0.15) is 52.9 Å². The predicted octanol–water partition coefficient (Wildman–Crippen LogP) is 3.12. The van der Waals surface area contributed by atoms with Crippen molar-refractivity contribution in [3.63, 3.8) is 0 Å². The highest BCUT2D eigenvalue weighted by Crippen LogP contribution is 2.30. The first kappa shape index (κ1) is 14.3. The van der Waals surface area contributed by atoms with Gasteiger partial charge in [-0.05, 0) is 68.9 Å². The molecule has 1 aliphatic carbocycles. The predicted molar refractivity (Wildman–Crippen MR) is 78.5 cm³/mol. The maximum Gasteiger partial charge on any atom is 0.00795 e. The molecule has 0 aromatic carbocycles. The van der Waals surface area contributed by atoms with Crippen molar-refractivity contribution in [2.45, 2.75) is 58.9 Å². The van der Waals surface area contributed by atoms with Crippen LogP contribution in [-0.2, 0) is 0 Å². The summed E-state index contributed by atoms with van der Waals surface area (Å²) in [6.07, 6.45) is 6.73. The molecule has 2 nitrogen and oxygen atoms in total. The van der Waals surface area contributed by atoms with Crippen molar-refractivity contribution < 1.29 is 0 Å². The summed E-state index contributed by atoms with van der Waals surface area (Å²) in [6.45, 7) is 11.0. The molecule has 0 bridgehead atoms. The molecule has 18 heavy (non-hydrogen) atoms. The van der Waals surface area contributed by atoms with E-state index in [1.54, 1.807) is 0 Å². The Morgan fingerprint density at radius 2 is 1.78 bits per heavy atom. The normalized spacial score (nSPS) is 36.2. The molecule has 2 rings (SSSR count). The van der Waals surface area contributed by atoms with Crippen LogP contribution in [-0.4, -0.2) is 30.6 Å². The molecule has 1 aliphatic heterocycles. The van der Waals surface area contributed by atoms with Gasteiger partial charge in [-0.25, -0.2) is 0 Å². The number of nitrogens with zero attached hydrogens (tertiary/aromatic N) is 1. The Morgan fingerprint density at radius 3 is 2.39 bits per heavy atom. The van der Waals surface area contributed by atoms with Gasteiger partial charge in [-0.15, -0.1) is 0 Å². The molecule has 0 aromatic rings. The van der Waals surface area contributed by atoms with E-state index >= 15 is 0 Å². The summed E-state index contributed by atoms with van der Waals surface area (Å²) in [4.78, 5) is 2.68. The minimum absolute atomic E-state index is 0.462. The van der Waals surface area contributed by atoms with Gasteiger partial charge in [-0.1, -0.05) is 20.8 Å². The van der Waals surface area contributed by atoms with Crippen molar-refractivity contribution >= 4 is 0 Å². The van der Waals surface area contributed by atoms with Crippen LogP contribution in [0.5, 0.6) is 0 Å². The monoisotopic (exact) mass is 252 g/mol. The van der Waals surface area contributed by atoms with Gasteiger partial charge in [0.2, 0.25) is 0 Å². The first-order valence-electron chi connectivity index (χ1n) is 8.04. The molecule has 0 aromatic heterocycles. The molecule has 1 heterocycles. The summed E-state index contributed by atoms with van der Waals surface area (Å²) in [5.41, 5.74) is 6.31. The second-order valence-corrected chi connectivity index (χ2v) is 7.22. The minimum Gasteiger partial charge on any atom is -0.327 e. The van der Waals surface area contributed by atoms with Gasteiger partial charge in [0.25, 0.3) is 0 Å². The van der Waals surface area contributed by atoms with E-state index in [4.69, 9.17) is 5.73 Å². The third kappa shape index (κ3) is 3.71. The molecular formula is C16H32N2. The summed E-state index contributed by atoms with van der Waals surface area (Å²) >= 11 is 0. The number of likely N-dealkylation sites (tertiary alicyclic amines) is 1. The number of rotatable bonds is 3. The van der Waals surface area contributed by atoms with Crippen LogP contribution in [0.25, 0.3) is 0 Å². The number of hydrogen-bond acceptors (Lipinski definition) is 2. The molecule has 2 fully saturated rings. The Morgan fingerprint density at radius 1 is 1.11 bits per heavy atom. The lowest BCUT2D eigenvalue weighted by Gasteiger charge is -2.39. The van der Waals surface area contributed by atoms with Gasteiger partial charge in [0.1, 0.15) is 0 Å². The van der Waals surface area contributed by atoms with Crippen molar-refractivity contribution in [2.75, 3.05) is 19.6 Å². The SMILES string of the molecule is CC1CCC(N)C(CN2CCC(C(C)C)CC2)C1. The maximum absolute atomic E-state index is 6.31. The van der Waals surface area contributed by atoms with Crippen molar-refractivity contribution in [1.82, 2.24) is 4.90 Å². The molecule has 2 aliphatic rings. The highest BCUT2D eigenvalue weighted by molar-refractivity contribution is 4.85. The summed E-state index contributed by atoms with van der Waals surface area (Å²) in [6, 6.07) is 0.462. The quantitative estimate of drug-likeness (QED) is 0.836. The van der Waals surface area contributed by atoms with Crippen molar-refractivity contribution in [2.24, 2.45) is 29.4 Å². The van der Waals surface area contributed by atoms with Crippen LogP contribution in [0.4, 0.5) is 0 Å². The average Bonchev–Trinajstić information content (AvgIpc) is 2.34. The van der Waals surface area contributed by atoms with E-state index in [1.165, 1.54) is 51.7 Å². The van der Waals surface area contributed by atoms with Crippen molar-refractivity contribution in [3.8, 4) is 0 Å². The molecule has 106 valence electrons. The van der Waals surface area contributed by atoms with E-state index in [0.29, 0.717) is 6.04 Å². The molecule has 0 amide bonds. The Hall–Kier alpha value is -0.0800. The zero-order valence-electron chi connectivity index (χ0n) is 12.6. The maximum atomic E-state index is 6.31. The largest absolute Gasteiger partial charge is 0.327 e. The van der Waals surface area contributed by atoms with Crippen molar-refractivity contribution in [1.29, 1.82) is 0 Å². The van der Waals surface area contributed by atoms with Gasteiger partial charge in [-0.3, -0.25) is 0 Å². The second kappa shape index (κ2) is 6.38. The van der Waals surface area contributed by atoms with Gasteiger partial charge in [0.05, 0.1) is 0 Å². The Labute approximate surface area is 113 Å². The zero-order chi connectivity index (χ0) is 13.1. The van der Waals surface area contributed by atoms with Crippen LogP contribution in [0.15, 0.2) is 0 Å². The number of piperidine rings is 1. The van der Waals surface area contributed by atoms with E-state index in [-0.39, 0.29) is 0 Å². The second-order valence-electron chi connectivity index (χ2n) is 7.22. The van der Waals surface area contributed by atoms with E-state index in [0.717, 1.165) is 23.7 Å². The summed E-state index contributed by atoms with van der Waals surface area (Å²) in [5, 5.41) is 0. The molecule has 1 saturated carbocycles. The topological polar surface area (TPSA) is 29.3 Å². The third-order valence-electron chi connectivity index (χ3n) is 5.37. The molecule has 3 atom stereocenters. The lowest BCUT2D eigenvalue weighted by atomic mass is 9.78. The van der Waals surface area contributed by atoms with Gasteiger partial charge < -0.3 is 10.6 Å². The first-order chi connectivity index (χ1) is 8.56. The molecule has 2 heteroatoms. The standard InChI is InChI=1S/C16H32N2/c1-12(2)14-6-8-18(9-7-14)11-15-10-13(3)4-5-16(15)17/h12-16H,4-11,17H2,1-3H3. The molecule has 1 saturated heterocycles. The van der Waals surface area contributed by atoms with Crippen LogP contribution >= 0.6 is 0 Å². The molecule has 0 radical (unpaired) electrons. The van der Waals surface area contributed by atoms with Crippen LogP contribution in [0, 0.1) is 23.7 Å². The van der Waals surface area contributed by atoms with Gasteiger partial charge in [-0.2, -0.15) is 0 Å².